The maximum absolute atomic E-state index is 11.7. The Morgan fingerprint density at radius 3 is 2.81 bits per heavy atom. The Morgan fingerprint density at radius 2 is 2.10 bits per heavy atom. The van der Waals surface area contributed by atoms with Crippen LogP contribution in [0.1, 0.15) is 31.4 Å². The van der Waals surface area contributed by atoms with Crippen LogP contribution in [-0.2, 0) is 11.2 Å². The minimum absolute atomic E-state index is 0.0343. The first-order chi connectivity index (χ1) is 10.2. The summed E-state index contributed by atoms with van der Waals surface area (Å²) in [5, 5.41) is 14.7. The van der Waals surface area contributed by atoms with Gasteiger partial charge in [0.15, 0.2) is 0 Å². The van der Waals surface area contributed by atoms with E-state index in [1.807, 2.05) is 12.1 Å². The average Bonchev–Trinajstić information content (AvgIpc) is 2.98. The number of hydrogen-bond donors (Lipinski definition) is 3. The summed E-state index contributed by atoms with van der Waals surface area (Å²) in [5.74, 6) is -0.220. The number of nitrogens with one attached hydrogen (secondary N) is 2. The fourth-order valence-electron chi connectivity index (χ4n) is 2.82. The molecule has 0 saturated heterocycles. The zero-order valence-electron chi connectivity index (χ0n) is 12.0. The molecule has 6 heteroatoms. The van der Waals surface area contributed by atoms with Crippen molar-refractivity contribution in [3.05, 3.63) is 24.2 Å². The average molecular weight is 294 g/mol. The number of carbonyl (C=O) groups is 2. The molecule has 116 valence electrons. The molecule has 6 nitrogen and oxygen atoms in total. The Labute approximate surface area is 123 Å². The molecular formula is C15H22N2O4. The second-order valence-corrected chi connectivity index (χ2v) is 5.46. The number of carboxylic acid groups (broad SMARTS) is 1. The molecule has 21 heavy (non-hydrogen) atoms. The number of aliphatic carboxylic acids is 1. The summed E-state index contributed by atoms with van der Waals surface area (Å²) in [6.07, 6.45) is 5.82. The van der Waals surface area contributed by atoms with E-state index in [9.17, 15) is 14.7 Å². The molecule has 0 aromatic carbocycles. The van der Waals surface area contributed by atoms with Gasteiger partial charge in [-0.2, -0.15) is 0 Å². The molecule has 0 spiro atoms. The van der Waals surface area contributed by atoms with Gasteiger partial charge in [-0.1, -0.05) is 12.8 Å². The standard InChI is InChI=1S/C15H22N2O4/c18-14(19)13-6-2-1-4-11(13)10-17-15(20)16-8-7-12-5-3-9-21-12/h3,5,9,11,13H,1-2,4,6-8,10H2,(H,18,19)(H2,16,17,20). The fraction of sp³-hybridized carbons (Fsp3) is 0.600. The zero-order valence-corrected chi connectivity index (χ0v) is 12.0. The molecular weight excluding hydrogens is 272 g/mol. The highest BCUT2D eigenvalue weighted by molar-refractivity contribution is 5.74. The van der Waals surface area contributed by atoms with Crippen LogP contribution in [0.5, 0.6) is 0 Å². The highest BCUT2D eigenvalue weighted by Gasteiger charge is 2.30. The SMILES string of the molecule is O=C(NCCc1ccco1)NCC1CCCCC1C(=O)O. The minimum atomic E-state index is -0.750. The van der Waals surface area contributed by atoms with Crippen LogP contribution in [-0.4, -0.2) is 30.2 Å². The first-order valence-corrected chi connectivity index (χ1v) is 7.43. The van der Waals surface area contributed by atoms with E-state index in [2.05, 4.69) is 10.6 Å². The van der Waals surface area contributed by atoms with E-state index in [4.69, 9.17) is 4.42 Å². The predicted octanol–water partition coefficient (Wildman–Crippen LogP) is 2.01. The molecule has 1 aromatic heterocycles. The Bertz CT molecular complexity index is 458. The highest BCUT2D eigenvalue weighted by atomic mass is 16.4. The summed E-state index contributed by atoms with van der Waals surface area (Å²) in [4.78, 5) is 22.9. The van der Waals surface area contributed by atoms with E-state index in [0.29, 0.717) is 25.9 Å². The maximum Gasteiger partial charge on any atom is 0.314 e. The van der Waals surface area contributed by atoms with E-state index in [1.165, 1.54) is 0 Å². The molecule has 0 bridgehead atoms. The number of carboxylic acids is 1. The van der Waals surface area contributed by atoms with Crippen molar-refractivity contribution in [1.82, 2.24) is 10.6 Å². The van der Waals surface area contributed by atoms with Gasteiger partial charge in [0.25, 0.3) is 0 Å². The van der Waals surface area contributed by atoms with E-state index >= 15 is 0 Å². The Hall–Kier alpha value is -1.98. The van der Waals surface area contributed by atoms with Gasteiger partial charge in [0.2, 0.25) is 0 Å². The topological polar surface area (TPSA) is 91.6 Å². The number of rotatable bonds is 6. The molecule has 2 amide bonds. The van der Waals surface area contributed by atoms with Crippen molar-refractivity contribution in [3.8, 4) is 0 Å². The summed E-state index contributed by atoms with van der Waals surface area (Å²) >= 11 is 0. The second kappa shape index (κ2) is 7.71. The molecule has 1 heterocycles. The fourth-order valence-corrected chi connectivity index (χ4v) is 2.82. The number of urea groups is 1. The zero-order chi connectivity index (χ0) is 15.1. The van der Waals surface area contributed by atoms with Crippen molar-refractivity contribution >= 4 is 12.0 Å². The summed E-state index contributed by atoms with van der Waals surface area (Å²) in [7, 11) is 0. The van der Waals surface area contributed by atoms with Gasteiger partial charge in [-0.05, 0) is 30.9 Å². The van der Waals surface area contributed by atoms with Crippen molar-refractivity contribution in [2.45, 2.75) is 32.1 Å². The van der Waals surface area contributed by atoms with Gasteiger partial charge in [0, 0.05) is 19.5 Å². The molecule has 1 aromatic rings. The van der Waals surface area contributed by atoms with Gasteiger partial charge in [0.05, 0.1) is 12.2 Å². The lowest BCUT2D eigenvalue weighted by Gasteiger charge is -2.28. The van der Waals surface area contributed by atoms with Crippen LogP contribution < -0.4 is 10.6 Å². The van der Waals surface area contributed by atoms with Crippen LogP contribution in [0.2, 0.25) is 0 Å². The van der Waals surface area contributed by atoms with E-state index in [1.54, 1.807) is 6.26 Å². The van der Waals surface area contributed by atoms with Crippen molar-refractivity contribution in [1.29, 1.82) is 0 Å². The summed E-state index contributed by atoms with van der Waals surface area (Å²) in [6.45, 7) is 0.913. The van der Waals surface area contributed by atoms with Gasteiger partial charge in [-0.3, -0.25) is 4.79 Å². The maximum atomic E-state index is 11.7. The molecule has 1 aliphatic rings. The predicted molar refractivity (Wildman–Crippen MR) is 76.9 cm³/mol. The van der Waals surface area contributed by atoms with Gasteiger partial charge in [-0.25, -0.2) is 4.79 Å². The Morgan fingerprint density at radius 1 is 1.29 bits per heavy atom. The molecule has 3 N–H and O–H groups in total. The van der Waals surface area contributed by atoms with Crippen molar-refractivity contribution < 1.29 is 19.1 Å². The van der Waals surface area contributed by atoms with E-state index in [0.717, 1.165) is 25.0 Å². The molecule has 1 saturated carbocycles. The van der Waals surface area contributed by atoms with Gasteiger partial charge in [-0.15, -0.1) is 0 Å². The lowest BCUT2D eigenvalue weighted by molar-refractivity contribution is -0.144. The molecule has 1 fully saturated rings. The summed E-state index contributed by atoms with van der Waals surface area (Å²) in [6, 6.07) is 3.42. The Kier molecular flexibility index (Phi) is 5.66. The molecule has 2 rings (SSSR count). The highest BCUT2D eigenvalue weighted by Crippen LogP contribution is 2.29. The van der Waals surface area contributed by atoms with Crippen LogP contribution in [0.3, 0.4) is 0 Å². The molecule has 1 aliphatic carbocycles. The van der Waals surface area contributed by atoms with Crippen molar-refractivity contribution in [3.63, 3.8) is 0 Å². The lowest BCUT2D eigenvalue weighted by atomic mass is 9.79. The lowest BCUT2D eigenvalue weighted by Crippen LogP contribution is -2.42. The van der Waals surface area contributed by atoms with Crippen LogP contribution in [0.15, 0.2) is 22.8 Å². The van der Waals surface area contributed by atoms with Crippen LogP contribution in [0.25, 0.3) is 0 Å². The first kappa shape index (κ1) is 15.4. The van der Waals surface area contributed by atoms with Crippen molar-refractivity contribution in [2.24, 2.45) is 11.8 Å². The van der Waals surface area contributed by atoms with E-state index < -0.39 is 5.97 Å². The molecule has 0 aliphatic heterocycles. The number of hydrogen-bond acceptors (Lipinski definition) is 3. The second-order valence-electron chi connectivity index (χ2n) is 5.46. The number of carbonyl (C=O) groups excluding carboxylic acids is 1. The van der Waals surface area contributed by atoms with Gasteiger partial charge < -0.3 is 20.2 Å². The Balaban J connectivity index is 1.66. The smallest absolute Gasteiger partial charge is 0.314 e. The molecule has 0 radical (unpaired) electrons. The largest absolute Gasteiger partial charge is 0.481 e. The van der Waals surface area contributed by atoms with Gasteiger partial charge in [0.1, 0.15) is 5.76 Å². The van der Waals surface area contributed by atoms with Crippen LogP contribution in [0, 0.1) is 11.8 Å². The number of amides is 2. The molecule has 2 atom stereocenters. The van der Waals surface area contributed by atoms with Crippen molar-refractivity contribution in [2.75, 3.05) is 13.1 Å². The number of furan rings is 1. The van der Waals surface area contributed by atoms with Crippen LogP contribution >= 0.6 is 0 Å². The summed E-state index contributed by atoms with van der Waals surface area (Å²) in [5.41, 5.74) is 0. The quantitative estimate of drug-likeness (QED) is 0.748. The molecule has 2 unspecified atom stereocenters. The normalized spacial score (nSPS) is 21.7. The van der Waals surface area contributed by atoms with Crippen LogP contribution in [0.4, 0.5) is 4.79 Å². The van der Waals surface area contributed by atoms with E-state index in [-0.39, 0.29) is 17.9 Å². The van der Waals surface area contributed by atoms with Gasteiger partial charge >= 0.3 is 12.0 Å². The third-order valence-electron chi connectivity index (χ3n) is 3.99. The summed E-state index contributed by atoms with van der Waals surface area (Å²) < 4.78 is 5.17. The third-order valence-corrected chi connectivity index (χ3v) is 3.99. The first-order valence-electron chi connectivity index (χ1n) is 7.43. The minimum Gasteiger partial charge on any atom is -0.481 e. The monoisotopic (exact) mass is 294 g/mol. The third kappa shape index (κ3) is 4.81.